The zero-order valence-electron chi connectivity index (χ0n) is 13.7. The summed E-state index contributed by atoms with van der Waals surface area (Å²) in [5.41, 5.74) is 0.558. The van der Waals surface area contributed by atoms with Gasteiger partial charge in [-0.25, -0.2) is 0 Å². The highest BCUT2D eigenvalue weighted by molar-refractivity contribution is 5.94. The van der Waals surface area contributed by atoms with Gasteiger partial charge in [-0.2, -0.15) is 0 Å². The molecule has 0 saturated carbocycles. The highest BCUT2D eigenvalue weighted by Gasteiger charge is 2.31. The molecule has 3 rings (SSSR count). The minimum atomic E-state index is -0.877. The van der Waals surface area contributed by atoms with Crippen LogP contribution in [0.15, 0.2) is 54.6 Å². The zero-order chi connectivity index (χ0) is 17.6. The molecule has 0 aliphatic carbocycles. The predicted molar refractivity (Wildman–Crippen MR) is 93.8 cm³/mol. The first-order valence-electron chi connectivity index (χ1n) is 8.22. The van der Waals surface area contributed by atoms with Gasteiger partial charge in [-0.3, -0.25) is 14.5 Å². The average molecular weight is 340 g/mol. The SMILES string of the molecule is O=C(CN1CCC[C@H]1C(=O)O)Nc1ccccc1Oc1ccccc1. The number of nitrogens with one attached hydrogen (secondary N) is 1. The van der Waals surface area contributed by atoms with Gasteiger partial charge in [0.1, 0.15) is 11.8 Å². The molecule has 0 radical (unpaired) electrons. The number of ether oxygens (including phenoxy) is 1. The van der Waals surface area contributed by atoms with Crippen LogP contribution >= 0.6 is 0 Å². The maximum Gasteiger partial charge on any atom is 0.320 e. The third kappa shape index (κ3) is 4.36. The quantitative estimate of drug-likeness (QED) is 0.845. The van der Waals surface area contributed by atoms with Crippen LogP contribution in [0.2, 0.25) is 0 Å². The first-order chi connectivity index (χ1) is 12.1. The molecule has 2 aromatic carbocycles. The van der Waals surface area contributed by atoms with Crippen molar-refractivity contribution in [2.45, 2.75) is 18.9 Å². The molecule has 6 heteroatoms. The molecule has 0 bridgehead atoms. The van der Waals surface area contributed by atoms with E-state index in [2.05, 4.69) is 5.32 Å². The summed E-state index contributed by atoms with van der Waals surface area (Å²) in [6, 6.07) is 15.9. The van der Waals surface area contributed by atoms with E-state index in [1.54, 1.807) is 17.0 Å². The number of nitrogens with zero attached hydrogens (tertiary/aromatic N) is 1. The Morgan fingerprint density at radius 1 is 1.12 bits per heavy atom. The number of carboxylic acids is 1. The molecule has 0 aromatic heterocycles. The highest BCUT2D eigenvalue weighted by atomic mass is 16.5. The molecule has 1 saturated heterocycles. The molecule has 1 aliphatic heterocycles. The van der Waals surface area contributed by atoms with Crippen LogP contribution in [0.5, 0.6) is 11.5 Å². The van der Waals surface area contributed by atoms with Crippen molar-refractivity contribution in [1.29, 1.82) is 0 Å². The van der Waals surface area contributed by atoms with Crippen molar-refractivity contribution in [2.24, 2.45) is 0 Å². The Balaban J connectivity index is 1.66. The zero-order valence-corrected chi connectivity index (χ0v) is 13.7. The molecule has 1 aliphatic rings. The molecule has 1 fully saturated rings. The van der Waals surface area contributed by atoms with Gasteiger partial charge < -0.3 is 15.2 Å². The van der Waals surface area contributed by atoms with Gasteiger partial charge in [-0.15, -0.1) is 0 Å². The topological polar surface area (TPSA) is 78.9 Å². The number of anilines is 1. The fourth-order valence-corrected chi connectivity index (χ4v) is 2.94. The fourth-order valence-electron chi connectivity index (χ4n) is 2.94. The Labute approximate surface area is 146 Å². The summed E-state index contributed by atoms with van der Waals surface area (Å²) in [5, 5.41) is 12.0. The van der Waals surface area contributed by atoms with Crippen molar-refractivity contribution in [3.8, 4) is 11.5 Å². The maximum absolute atomic E-state index is 12.3. The van der Waals surface area contributed by atoms with Crippen LogP contribution in [0.25, 0.3) is 0 Å². The third-order valence-corrected chi connectivity index (χ3v) is 4.13. The Morgan fingerprint density at radius 2 is 1.84 bits per heavy atom. The summed E-state index contributed by atoms with van der Waals surface area (Å²) in [6.45, 7) is 0.670. The van der Waals surface area contributed by atoms with Crippen molar-refractivity contribution in [1.82, 2.24) is 4.90 Å². The van der Waals surface area contributed by atoms with Gasteiger partial charge in [-0.05, 0) is 43.7 Å². The Bertz CT molecular complexity index is 748. The van der Waals surface area contributed by atoms with Gasteiger partial charge >= 0.3 is 5.97 Å². The largest absolute Gasteiger partial charge is 0.480 e. The molecule has 0 unspecified atom stereocenters. The van der Waals surface area contributed by atoms with Crippen LogP contribution in [0.1, 0.15) is 12.8 Å². The molecular formula is C19H20N2O4. The second kappa shape index (κ2) is 7.81. The first-order valence-corrected chi connectivity index (χ1v) is 8.22. The van der Waals surface area contributed by atoms with Gasteiger partial charge in [0.25, 0.3) is 0 Å². The predicted octanol–water partition coefficient (Wildman–Crippen LogP) is 2.97. The molecule has 2 aromatic rings. The van der Waals surface area contributed by atoms with Crippen LogP contribution in [0.4, 0.5) is 5.69 Å². The van der Waals surface area contributed by atoms with Crippen molar-refractivity contribution in [3.05, 3.63) is 54.6 Å². The number of carboxylic acid groups (broad SMARTS) is 1. The minimum absolute atomic E-state index is 0.0522. The number of hydrogen-bond acceptors (Lipinski definition) is 4. The minimum Gasteiger partial charge on any atom is -0.480 e. The van der Waals surface area contributed by atoms with E-state index in [1.165, 1.54) is 0 Å². The summed E-state index contributed by atoms with van der Waals surface area (Å²) in [6.07, 6.45) is 1.37. The maximum atomic E-state index is 12.3. The molecule has 0 spiro atoms. The van der Waals surface area contributed by atoms with Gasteiger partial charge in [0.15, 0.2) is 5.75 Å². The molecule has 130 valence electrons. The fraction of sp³-hybridized carbons (Fsp3) is 0.263. The molecule has 25 heavy (non-hydrogen) atoms. The van der Waals surface area contributed by atoms with E-state index in [9.17, 15) is 14.7 Å². The molecule has 2 N–H and O–H groups in total. The summed E-state index contributed by atoms with van der Waals surface area (Å²) in [5.74, 6) is 0.0864. The van der Waals surface area contributed by atoms with Crippen molar-refractivity contribution >= 4 is 17.6 Å². The summed E-state index contributed by atoms with van der Waals surface area (Å²) in [4.78, 5) is 25.2. The van der Waals surface area contributed by atoms with E-state index in [1.807, 2.05) is 42.5 Å². The molecule has 6 nitrogen and oxygen atoms in total. The van der Waals surface area contributed by atoms with E-state index in [0.29, 0.717) is 30.2 Å². The van der Waals surface area contributed by atoms with Crippen molar-refractivity contribution in [3.63, 3.8) is 0 Å². The lowest BCUT2D eigenvalue weighted by molar-refractivity contribution is -0.142. The van der Waals surface area contributed by atoms with E-state index in [4.69, 9.17) is 4.74 Å². The van der Waals surface area contributed by atoms with E-state index in [-0.39, 0.29) is 12.5 Å². The molecular weight excluding hydrogens is 320 g/mol. The summed E-state index contributed by atoms with van der Waals surface area (Å²) >= 11 is 0. The number of rotatable bonds is 6. The number of carbonyl (C=O) groups is 2. The monoisotopic (exact) mass is 340 g/mol. The van der Waals surface area contributed by atoms with Crippen LogP contribution in [-0.4, -0.2) is 41.0 Å². The lowest BCUT2D eigenvalue weighted by Gasteiger charge is -2.20. The normalized spacial score (nSPS) is 17.2. The Kier molecular flexibility index (Phi) is 5.30. The Hall–Kier alpha value is -2.86. The van der Waals surface area contributed by atoms with Gasteiger partial charge in [0.05, 0.1) is 12.2 Å². The number of carbonyl (C=O) groups excluding carboxylic acids is 1. The number of likely N-dealkylation sites (tertiary alicyclic amines) is 1. The number of aliphatic carboxylic acids is 1. The number of para-hydroxylation sites is 3. The Morgan fingerprint density at radius 3 is 2.60 bits per heavy atom. The molecule has 1 atom stereocenters. The lowest BCUT2D eigenvalue weighted by Crippen LogP contribution is -2.40. The van der Waals surface area contributed by atoms with Crippen LogP contribution in [0.3, 0.4) is 0 Å². The molecule has 1 amide bonds. The average Bonchev–Trinajstić information content (AvgIpc) is 3.06. The summed E-state index contributed by atoms with van der Waals surface area (Å²) in [7, 11) is 0. The van der Waals surface area contributed by atoms with Gasteiger partial charge in [0.2, 0.25) is 5.91 Å². The summed E-state index contributed by atoms with van der Waals surface area (Å²) < 4.78 is 5.82. The standard InChI is InChI=1S/C19H20N2O4/c22-18(13-21-12-6-10-16(21)19(23)24)20-15-9-4-5-11-17(15)25-14-7-2-1-3-8-14/h1-5,7-9,11,16H,6,10,12-13H2,(H,20,22)(H,23,24)/t16-/m0/s1. The van der Waals surface area contributed by atoms with Crippen molar-refractivity contribution < 1.29 is 19.4 Å². The second-order valence-electron chi connectivity index (χ2n) is 5.93. The number of benzene rings is 2. The number of hydrogen-bond donors (Lipinski definition) is 2. The van der Waals surface area contributed by atoms with E-state index < -0.39 is 12.0 Å². The smallest absolute Gasteiger partial charge is 0.320 e. The number of amides is 1. The van der Waals surface area contributed by atoms with Crippen LogP contribution in [-0.2, 0) is 9.59 Å². The van der Waals surface area contributed by atoms with Crippen molar-refractivity contribution in [2.75, 3.05) is 18.4 Å². The third-order valence-electron chi connectivity index (χ3n) is 4.13. The van der Waals surface area contributed by atoms with Crippen LogP contribution < -0.4 is 10.1 Å². The van der Waals surface area contributed by atoms with E-state index >= 15 is 0 Å². The van der Waals surface area contributed by atoms with Crippen LogP contribution in [0, 0.1) is 0 Å². The first kappa shape index (κ1) is 17.0. The van der Waals surface area contributed by atoms with Gasteiger partial charge in [-0.1, -0.05) is 30.3 Å². The lowest BCUT2D eigenvalue weighted by atomic mass is 10.2. The van der Waals surface area contributed by atoms with E-state index in [0.717, 1.165) is 6.42 Å². The highest BCUT2D eigenvalue weighted by Crippen LogP contribution is 2.29. The molecule has 1 heterocycles. The second-order valence-corrected chi connectivity index (χ2v) is 5.93. The van der Waals surface area contributed by atoms with Gasteiger partial charge in [0, 0.05) is 0 Å².